The molecule has 0 radical (unpaired) electrons. The second-order valence-electron chi connectivity index (χ2n) is 3.93. The first-order chi connectivity index (χ1) is 9.20. The lowest BCUT2D eigenvalue weighted by atomic mass is 10.1. The Morgan fingerprint density at radius 3 is 2.95 bits per heavy atom. The maximum Gasteiger partial charge on any atom is 0.255 e. The van der Waals surface area contributed by atoms with E-state index in [9.17, 15) is 9.90 Å². The number of aromatic hydroxyl groups is 1. The molecule has 2 N–H and O–H groups in total. The number of amides is 1. The highest BCUT2D eigenvalue weighted by Gasteiger charge is 2.12. The Kier molecular flexibility index (Phi) is 3.97. The summed E-state index contributed by atoms with van der Waals surface area (Å²) in [5.41, 5.74) is 1.07. The predicted molar refractivity (Wildman–Crippen MR) is 70.1 cm³/mol. The van der Waals surface area contributed by atoms with Crippen molar-refractivity contribution in [3.05, 3.63) is 53.9 Å². The van der Waals surface area contributed by atoms with E-state index in [4.69, 9.17) is 4.74 Å². The van der Waals surface area contributed by atoms with Crippen molar-refractivity contribution in [2.45, 2.75) is 6.54 Å². The van der Waals surface area contributed by atoms with E-state index in [1.165, 1.54) is 19.2 Å². The monoisotopic (exact) mass is 258 g/mol. The molecule has 0 fully saturated rings. The molecule has 1 heterocycles. The van der Waals surface area contributed by atoms with Gasteiger partial charge in [0.25, 0.3) is 5.91 Å². The second-order valence-corrected chi connectivity index (χ2v) is 3.93. The molecule has 2 aromatic rings. The molecule has 0 aliphatic heterocycles. The molecule has 0 unspecified atom stereocenters. The van der Waals surface area contributed by atoms with Gasteiger partial charge in [0.15, 0.2) is 0 Å². The van der Waals surface area contributed by atoms with Gasteiger partial charge in [-0.05, 0) is 29.8 Å². The smallest absolute Gasteiger partial charge is 0.255 e. The summed E-state index contributed by atoms with van der Waals surface area (Å²) in [6, 6.07) is 8.17. The number of rotatable bonds is 4. The summed E-state index contributed by atoms with van der Waals surface area (Å²) in [4.78, 5) is 15.9. The summed E-state index contributed by atoms with van der Waals surface area (Å²) in [5.74, 6) is 0.0778. The summed E-state index contributed by atoms with van der Waals surface area (Å²) in [7, 11) is 1.50. The van der Waals surface area contributed by atoms with E-state index >= 15 is 0 Å². The fourth-order valence-electron chi connectivity index (χ4n) is 1.60. The summed E-state index contributed by atoms with van der Waals surface area (Å²) in [6.45, 7) is 0.351. The van der Waals surface area contributed by atoms with E-state index in [0.29, 0.717) is 12.3 Å². The third kappa shape index (κ3) is 3.22. The van der Waals surface area contributed by atoms with E-state index in [1.807, 2.05) is 6.07 Å². The Hall–Kier alpha value is -2.56. The number of carbonyl (C=O) groups is 1. The minimum Gasteiger partial charge on any atom is -0.507 e. The van der Waals surface area contributed by atoms with Gasteiger partial charge in [0.2, 0.25) is 0 Å². The van der Waals surface area contributed by atoms with Gasteiger partial charge >= 0.3 is 0 Å². The second kappa shape index (κ2) is 5.86. The van der Waals surface area contributed by atoms with Gasteiger partial charge in [-0.25, -0.2) is 0 Å². The highest BCUT2D eigenvalue weighted by molar-refractivity contribution is 5.97. The molecule has 0 saturated carbocycles. The maximum atomic E-state index is 12.0. The molecular weight excluding hydrogens is 244 g/mol. The van der Waals surface area contributed by atoms with E-state index < -0.39 is 0 Å². The Balaban J connectivity index is 2.08. The number of benzene rings is 1. The molecule has 5 heteroatoms. The minimum absolute atomic E-state index is 0.0792. The number of carbonyl (C=O) groups excluding carboxylic acids is 1. The van der Waals surface area contributed by atoms with Crippen molar-refractivity contribution in [2.24, 2.45) is 0 Å². The van der Waals surface area contributed by atoms with Gasteiger partial charge in [-0.15, -0.1) is 0 Å². The number of hydrogen-bond donors (Lipinski definition) is 2. The number of methoxy groups -OCH3 is 1. The van der Waals surface area contributed by atoms with Crippen LogP contribution in [0.5, 0.6) is 11.5 Å². The number of pyridine rings is 1. The number of nitrogens with zero attached hydrogens (tertiary/aromatic N) is 1. The van der Waals surface area contributed by atoms with Crippen LogP contribution in [0.1, 0.15) is 15.9 Å². The normalized spacial score (nSPS) is 9.95. The van der Waals surface area contributed by atoms with Crippen LogP contribution in [0, 0.1) is 0 Å². The average molecular weight is 258 g/mol. The van der Waals surface area contributed by atoms with Gasteiger partial charge in [-0.2, -0.15) is 0 Å². The number of aromatic nitrogens is 1. The number of nitrogens with one attached hydrogen (secondary N) is 1. The molecule has 2 rings (SSSR count). The molecule has 0 bridgehead atoms. The van der Waals surface area contributed by atoms with Crippen molar-refractivity contribution < 1.29 is 14.6 Å². The molecule has 1 amide bonds. The topological polar surface area (TPSA) is 71.5 Å². The van der Waals surface area contributed by atoms with Gasteiger partial charge in [-0.1, -0.05) is 6.07 Å². The zero-order chi connectivity index (χ0) is 13.7. The molecule has 0 spiro atoms. The Labute approximate surface area is 110 Å². The molecule has 19 heavy (non-hydrogen) atoms. The Morgan fingerprint density at radius 1 is 1.42 bits per heavy atom. The highest BCUT2D eigenvalue weighted by atomic mass is 16.5. The summed E-state index contributed by atoms with van der Waals surface area (Å²) in [5, 5.41) is 12.4. The fourth-order valence-corrected chi connectivity index (χ4v) is 1.60. The third-order valence-corrected chi connectivity index (χ3v) is 2.62. The van der Waals surface area contributed by atoms with E-state index in [1.54, 1.807) is 24.5 Å². The van der Waals surface area contributed by atoms with E-state index in [2.05, 4.69) is 10.3 Å². The van der Waals surface area contributed by atoms with Gasteiger partial charge in [0, 0.05) is 18.9 Å². The van der Waals surface area contributed by atoms with Crippen LogP contribution < -0.4 is 10.1 Å². The van der Waals surface area contributed by atoms with Crippen molar-refractivity contribution in [1.82, 2.24) is 10.3 Å². The number of hydrogen-bond acceptors (Lipinski definition) is 4. The van der Waals surface area contributed by atoms with Crippen molar-refractivity contribution in [2.75, 3.05) is 7.11 Å². The van der Waals surface area contributed by atoms with Crippen LogP contribution in [0.2, 0.25) is 0 Å². The molecule has 98 valence electrons. The Bertz CT molecular complexity index is 570. The van der Waals surface area contributed by atoms with E-state index in [-0.39, 0.29) is 17.2 Å². The van der Waals surface area contributed by atoms with Crippen molar-refractivity contribution >= 4 is 5.91 Å². The van der Waals surface area contributed by atoms with Crippen LogP contribution in [-0.4, -0.2) is 23.1 Å². The van der Waals surface area contributed by atoms with Crippen molar-refractivity contribution in [1.29, 1.82) is 0 Å². The van der Waals surface area contributed by atoms with Crippen molar-refractivity contribution in [3.8, 4) is 11.5 Å². The standard InChI is InChI=1S/C14H14N2O3/c1-19-11-4-5-13(17)12(7-11)14(18)16-9-10-3-2-6-15-8-10/h2-8,17H,9H2,1H3,(H,16,18). The van der Waals surface area contributed by atoms with Gasteiger partial charge < -0.3 is 15.2 Å². The van der Waals surface area contributed by atoms with Crippen LogP contribution in [0.3, 0.4) is 0 Å². The summed E-state index contributed by atoms with van der Waals surface area (Å²) in [6.07, 6.45) is 3.34. The fraction of sp³-hybridized carbons (Fsp3) is 0.143. The highest BCUT2D eigenvalue weighted by Crippen LogP contribution is 2.22. The van der Waals surface area contributed by atoms with Crippen LogP contribution >= 0.6 is 0 Å². The zero-order valence-corrected chi connectivity index (χ0v) is 10.5. The number of phenols is 1. The first-order valence-corrected chi connectivity index (χ1v) is 5.75. The summed E-state index contributed by atoms with van der Waals surface area (Å²) >= 11 is 0. The van der Waals surface area contributed by atoms with Gasteiger partial charge in [-0.3, -0.25) is 9.78 Å². The lowest BCUT2D eigenvalue weighted by molar-refractivity contribution is 0.0948. The minimum atomic E-state index is -0.361. The van der Waals surface area contributed by atoms with Crippen LogP contribution in [0.15, 0.2) is 42.7 Å². The number of phenolic OH excluding ortho intramolecular Hbond substituents is 1. The van der Waals surface area contributed by atoms with Gasteiger partial charge in [0.1, 0.15) is 11.5 Å². The molecule has 0 aliphatic carbocycles. The third-order valence-electron chi connectivity index (χ3n) is 2.62. The Morgan fingerprint density at radius 2 is 2.26 bits per heavy atom. The molecular formula is C14H14N2O3. The molecule has 0 aliphatic rings. The SMILES string of the molecule is COc1ccc(O)c(C(=O)NCc2cccnc2)c1. The average Bonchev–Trinajstić information content (AvgIpc) is 2.46. The first kappa shape index (κ1) is 12.9. The lowest BCUT2D eigenvalue weighted by Crippen LogP contribution is -2.22. The molecule has 5 nitrogen and oxygen atoms in total. The van der Waals surface area contributed by atoms with Crippen LogP contribution in [0.4, 0.5) is 0 Å². The molecule has 1 aromatic carbocycles. The van der Waals surface area contributed by atoms with Gasteiger partial charge in [0.05, 0.1) is 12.7 Å². The van der Waals surface area contributed by atoms with Crippen molar-refractivity contribution in [3.63, 3.8) is 0 Å². The first-order valence-electron chi connectivity index (χ1n) is 5.75. The van der Waals surface area contributed by atoms with E-state index in [0.717, 1.165) is 5.56 Å². The zero-order valence-electron chi connectivity index (χ0n) is 10.5. The predicted octanol–water partition coefficient (Wildman–Crippen LogP) is 1.73. The van der Waals surface area contributed by atoms with Crippen LogP contribution in [0.25, 0.3) is 0 Å². The number of ether oxygens (including phenoxy) is 1. The molecule has 1 aromatic heterocycles. The maximum absolute atomic E-state index is 12.0. The lowest BCUT2D eigenvalue weighted by Gasteiger charge is -2.08. The largest absolute Gasteiger partial charge is 0.507 e. The molecule has 0 atom stereocenters. The summed E-state index contributed by atoms with van der Waals surface area (Å²) < 4.78 is 5.02. The van der Waals surface area contributed by atoms with Crippen LogP contribution in [-0.2, 0) is 6.54 Å². The quantitative estimate of drug-likeness (QED) is 0.876. The molecule has 0 saturated heterocycles.